The van der Waals surface area contributed by atoms with E-state index in [9.17, 15) is 4.39 Å². The summed E-state index contributed by atoms with van der Waals surface area (Å²) in [5, 5.41) is 6.26. The van der Waals surface area contributed by atoms with Crippen LogP contribution in [0, 0.1) is 5.82 Å². The number of nitrogens with two attached hydrogens (primary N) is 1. The van der Waals surface area contributed by atoms with Gasteiger partial charge in [-0.15, -0.1) is 0 Å². The van der Waals surface area contributed by atoms with Gasteiger partial charge in [-0.1, -0.05) is 13.0 Å². The predicted octanol–water partition coefficient (Wildman–Crippen LogP) is 2.68. The van der Waals surface area contributed by atoms with Crippen molar-refractivity contribution in [2.75, 3.05) is 23.7 Å². The summed E-state index contributed by atoms with van der Waals surface area (Å²) in [4.78, 5) is 8.70. The third-order valence-electron chi connectivity index (χ3n) is 3.00. The predicted molar refractivity (Wildman–Crippen MR) is 83.3 cm³/mol. The van der Waals surface area contributed by atoms with Gasteiger partial charge in [-0.3, -0.25) is 0 Å². The molecule has 0 spiro atoms. The minimum absolute atomic E-state index is 0.300. The molecular formula is C15H20FN5. The molecule has 1 aromatic heterocycles. The molecular weight excluding hydrogens is 269 g/mol. The fourth-order valence-electron chi connectivity index (χ4n) is 1.88. The van der Waals surface area contributed by atoms with Gasteiger partial charge in [0.2, 0.25) is 5.95 Å². The second kappa shape index (κ2) is 7.54. The Kier molecular flexibility index (Phi) is 5.45. The topological polar surface area (TPSA) is 75.9 Å². The highest BCUT2D eigenvalue weighted by atomic mass is 19.1. The van der Waals surface area contributed by atoms with Gasteiger partial charge in [-0.05, 0) is 37.6 Å². The third-order valence-corrected chi connectivity index (χ3v) is 3.00. The largest absolute Gasteiger partial charge is 0.370 e. The van der Waals surface area contributed by atoms with E-state index >= 15 is 0 Å². The first-order chi connectivity index (χ1) is 10.2. The van der Waals surface area contributed by atoms with Crippen LogP contribution >= 0.6 is 0 Å². The lowest BCUT2D eigenvalue weighted by Gasteiger charge is -2.11. The summed E-state index contributed by atoms with van der Waals surface area (Å²) in [5.41, 5.74) is 7.15. The normalized spacial score (nSPS) is 10.4. The summed E-state index contributed by atoms with van der Waals surface area (Å²) < 4.78 is 13.2. The first-order valence-corrected chi connectivity index (χ1v) is 7.05. The van der Waals surface area contributed by atoms with E-state index in [0.717, 1.165) is 30.8 Å². The molecule has 1 aromatic carbocycles. The molecule has 0 radical (unpaired) electrons. The van der Waals surface area contributed by atoms with Crippen molar-refractivity contribution >= 4 is 17.5 Å². The number of aromatic nitrogens is 2. The molecule has 6 heteroatoms. The quantitative estimate of drug-likeness (QED) is 0.683. The number of anilines is 3. The van der Waals surface area contributed by atoms with Crippen LogP contribution in [0.3, 0.4) is 0 Å². The molecule has 2 rings (SSSR count). The van der Waals surface area contributed by atoms with Gasteiger partial charge in [-0.25, -0.2) is 9.37 Å². The van der Waals surface area contributed by atoms with Crippen molar-refractivity contribution in [3.05, 3.63) is 41.8 Å². The van der Waals surface area contributed by atoms with Crippen molar-refractivity contribution < 1.29 is 4.39 Å². The smallest absolute Gasteiger partial charge is 0.229 e. The van der Waals surface area contributed by atoms with Crippen LogP contribution in [-0.4, -0.2) is 23.1 Å². The van der Waals surface area contributed by atoms with Crippen LogP contribution in [-0.2, 0) is 6.42 Å². The number of nitrogens with one attached hydrogen (secondary N) is 2. The van der Waals surface area contributed by atoms with Gasteiger partial charge < -0.3 is 16.4 Å². The molecule has 0 fully saturated rings. The number of nitrogens with zero attached hydrogens (tertiary/aromatic N) is 2. The van der Waals surface area contributed by atoms with Gasteiger partial charge in [0.1, 0.15) is 11.6 Å². The third kappa shape index (κ3) is 4.39. The van der Waals surface area contributed by atoms with Gasteiger partial charge >= 0.3 is 0 Å². The molecule has 0 saturated carbocycles. The van der Waals surface area contributed by atoms with E-state index in [1.807, 2.05) is 6.92 Å². The van der Waals surface area contributed by atoms with Crippen molar-refractivity contribution in [3.8, 4) is 0 Å². The molecule has 5 nitrogen and oxygen atoms in total. The number of hydrogen-bond donors (Lipinski definition) is 3. The molecule has 4 N–H and O–H groups in total. The molecule has 0 unspecified atom stereocenters. The number of benzene rings is 1. The van der Waals surface area contributed by atoms with Crippen LogP contribution in [0.4, 0.5) is 21.8 Å². The van der Waals surface area contributed by atoms with Gasteiger partial charge in [0.15, 0.2) is 0 Å². The monoisotopic (exact) mass is 289 g/mol. The maximum atomic E-state index is 13.2. The van der Waals surface area contributed by atoms with Crippen LogP contribution in [0.2, 0.25) is 0 Å². The summed E-state index contributed by atoms with van der Waals surface area (Å²) in [7, 11) is 0. The summed E-state index contributed by atoms with van der Waals surface area (Å²) in [6, 6.07) is 6.20. The molecule has 0 aliphatic heterocycles. The maximum Gasteiger partial charge on any atom is 0.229 e. The highest BCUT2D eigenvalue weighted by Crippen LogP contribution is 2.18. The Morgan fingerprint density at radius 1 is 1.33 bits per heavy atom. The lowest BCUT2D eigenvalue weighted by Crippen LogP contribution is -2.12. The minimum atomic E-state index is -0.300. The SMILES string of the molecule is CCc1cnc(Nc2cccc(F)c2)nc1NCCCN. The molecule has 0 bridgehead atoms. The molecule has 0 saturated heterocycles. The van der Waals surface area contributed by atoms with Gasteiger partial charge in [0, 0.05) is 24.0 Å². The van der Waals surface area contributed by atoms with Crippen molar-refractivity contribution in [1.82, 2.24) is 9.97 Å². The minimum Gasteiger partial charge on any atom is -0.370 e. The second-order valence-corrected chi connectivity index (χ2v) is 4.63. The van der Waals surface area contributed by atoms with E-state index < -0.39 is 0 Å². The van der Waals surface area contributed by atoms with Crippen LogP contribution < -0.4 is 16.4 Å². The molecule has 0 amide bonds. The van der Waals surface area contributed by atoms with Crippen molar-refractivity contribution in [3.63, 3.8) is 0 Å². The first-order valence-electron chi connectivity index (χ1n) is 7.05. The highest BCUT2D eigenvalue weighted by molar-refractivity contribution is 5.56. The van der Waals surface area contributed by atoms with Crippen LogP contribution in [0.5, 0.6) is 0 Å². The summed E-state index contributed by atoms with van der Waals surface area (Å²) in [5.74, 6) is 0.930. The molecule has 1 heterocycles. The molecule has 21 heavy (non-hydrogen) atoms. The Hall–Kier alpha value is -2.21. The molecule has 112 valence electrons. The van der Waals surface area contributed by atoms with E-state index in [-0.39, 0.29) is 5.82 Å². The van der Waals surface area contributed by atoms with E-state index in [4.69, 9.17) is 5.73 Å². The zero-order valence-corrected chi connectivity index (χ0v) is 12.1. The Morgan fingerprint density at radius 2 is 2.19 bits per heavy atom. The summed E-state index contributed by atoms with van der Waals surface area (Å²) >= 11 is 0. The number of aryl methyl sites for hydroxylation is 1. The van der Waals surface area contributed by atoms with Crippen molar-refractivity contribution in [1.29, 1.82) is 0 Å². The molecule has 2 aromatic rings. The lowest BCUT2D eigenvalue weighted by molar-refractivity contribution is 0.628. The van der Waals surface area contributed by atoms with Gasteiger partial charge in [-0.2, -0.15) is 4.98 Å². The summed E-state index contributed by atoms with van der Waals surface area (Å²) in [6.45, 7) is 3.44. The summed E-state index contributed by atoms with van der Waals surface area (Å²) in [6.07, 6.45) is 3.49. The highest BCUT2D eigenvalue weighted by Gasteiger charge is 2.06. The Morgan fingerprint density at radius 3 is 2.90 bits per heavy atom. The van der Waals surface area contributed by atoms with Crippen LogP contribution in [0.1, 0.15) is 18.9 Å². The standard InChI is InChI=1S/C15H20FN5/c1-2-11-10-19-15(21-14(11)18-8-4-7-17)20-13-6-3-5-12(16)9-13/h3,5-6,9-10H,2,4,7-8,17H2,1H3,(H2,18,19,20,21). The molecule has 0 atom stereocenters. The van der Waals surface area contributed by atoms with Crippen LogP contribution in [0.25, 0.3) is 0 Å². The van der Waals surface area contributed by atoms with E-state index in [1.165, 1.54) is 12.1 Å². The van der Waals surface area contributed by atoms with E-state index in [0.29, 0.717) is 18.2 Å². The van der Waals surface area contributed by atoms with Gasteiger partial charge in [0.25, 0.3) is 0 Å². The van der Waals surface area contributed by atoms with E-state index in [2.05, 4.69) is 20.6 Å². The average molecular weight is 289 g/mol. The van der Waals surface area contributed by atoms with Crippen LogP contribution in [0.15, 0.2) is 30.5 Å². The zero-order valence-electron chi connectivity index (χ0n) is 12.1. The first kappa shape index (κ1) is 15.2. The zero-order chi connectivity index (χ0) is 15.1. The number of halogens is 1. The fourth-order valence-corrected chi connectivity index (χ4v) is 1.88. The van der Waals surface area contributed by atoms with E-state index in [1.54, 1.807) is 18.3 Å². The molecule has 0 aliphatic rings. The maximum absolute atomic E-state index is 13.2. The van der Waals surface area contributed by atoms with Gasteiger partial charge in [0.05, 0.1) is 0 Å². The number of hydrogen-bond acceptors (Lipinski definition) is 5. The molecule has 0 aliphatic carbocycles. The Balaban J connectivity index is 2.14. The second-order valence-electron chi connectivity index (χ2n) is 4.63. The van der Waals surface area contributed by atoms with Crippen molar-refractivity contribution in [2.45, 2.75) is 19.8 Å². The van der Waals surface area contributed by atoms with Crippen molar-refractivity contribution in [2.24, 2.45) is 5.73 Å². The Labute approximate surface area is 123 Å². The fraction of sp³-hybridized carbons (Fsp3) is 0.333. The Bertz CT molecular complexity index is 588. The average Bonchev–Trinajstić information content (AvgIpc) is 2.48. The number of rotatable bonds is 7. The lowest BCUT2D eigenvalue weighted by atomic mass is 10.2.